The van der Waals surface area contributed by atoms with Crippen LogP contribution in [0.1, 0.15) is 63.2 Å². The molecule has 0 bridgehead atoms. The lowest BCUT2D eigenvalue weighted by atomic mass is 9.91. The monoisotopic (exact) mass is 640 g/mol. The number of hydrogen-bond donors (Lipinski definition) is 1. The number of ether oxygens (including phenoxy) is 3. The molecule has 1 aliphatic heterocycles. The number of amides is 1. The fourth-order valence-corrected chi connectivity index (χ4v) is 7.12. The van der Waals surface area contributed by atoms with E-state index >= 15 is 0 Å². The minimum Gasteiger partial charge on any atom is -0.496 e. The number of aryl methyl sites for hydroxylation is 1. The van der Waals surface area contributed by atoms with Crippen molar-refractivity contribution in [1.29, 1.82) is 0 Å². The van der Waals surface area contributed by atoms with Gasteiger partial charge in [-0.3, -0.25) is 14.2 Å². The molecule has 0 radical (unpaired) electrons. The molecule has 6 rings (SSSR count). The van der Waals surface area contributed by atoms with E-state index in [1.165, 1.54) is 58.4 Å². The minimum atomic E-state index is -1.52. The van der Waals surface area contributed by atoms with Crippen LogP contribution in [-0.2, 0) is 26.4 Å². The number of benzene rings is 1. The van der Waals surface area contributed by atoms with E-state index in [0.29, 0.717) is 52.8 Å². The summed E-state index contributed by atoms with van der Waals surface area (Å²) in [6.45, 7) is 5.86. The van der Waals surface area contributed by atoms with E-state index in [1.54, 1.807) is 20.8 Å². The van der Waals surface area contributed by atoms with Gasteiger partial charge in [-0.15, -0.1) is 4.80 Å². The molecule has 1 atom stereocenters. The summed E-state index contributed by atoms with van der Waals surface area (Å²) in [4.78, 5) is 44.2. The van der Waals surface area contributed by atoms with Crippen molar-refractivity contribution in [3.05, 3.63) is 68.4 Å². The van der Waals surface area contributed by atoms with Crippen LogP contribution in [0.25, 0.3) is 15.2 Å². The van der Waals surface area contributed by atoms with Gasteiger partial charge in [0.15, 0.2) is 0 Å². The van der Waals surface area contributed by atoms with Crippen molar-refractivity contribution in [1.82, 2.24) is 29.4 Å². The summed E-state index contributed by atoms with van der Waals surface area (Å²) in [7, 11) is 1.49. The van der Waals surface area contributed by atoms with Crippen molar-refractivity contribution in [3.8, 4) is 10.8 Å². The third-order valence-electron chi connectivity index (χ3n) is 8.75. The molecule has 1 amide bonds. The Kier molecular flexibility index (Phi) is 8.63. The lowest BCUT2D eigenvalue weighted by Crippen LogP contribution is -2.57. The molecule has 12 nitrogen and oxygen atoms in total. The number of hydrogen-bond acceptors (Lipinski definition) is 9. The van der Waals surface area contributed by atoms with Crippen LogP contribution in [0.5, 0.6) is 5.75 Å². The summed E-state index contributed by atoms with van der Waals surface area (Å²) < 4.78 is 34.9. The summed E-state index contributed by atoms with van der Waals surface area (Å²) in [6, 6.07) is 4.18. The zero-order chi connectivity index (χ0) is 31.9. The van der Waals surface area contributed by atoms with E-state index in [1.807, 2.05) is 0 Å². The maximum atomic E-state index is 14.7. The Labute approximate surface area is 262 Å². The van der Waals surface area contributed by atoms with Crippen LogP contribution in [0.2, 0.25) is 0 Å². The van der Waals surface area contributed by atoms with Crippen molar-refractivity contribution in [2.75, 3.05) is 20.3 Å². The number of nitrogens with one attached hydrogen (secondary N) is 1. The highest BCUT2D eigenvalue weighted by atomic mass is 32.1. The van der Waals surface area contributed by atoms with Crippen LogP contribution in [0, 0.1) is 12.7 Å². The second-order valence-electron chi connectivity index (χ2n) is 12.0. The number of fused-ring (bicyclic) bond motifs is 1. The predicted molar refractivity (Wildman–Crippen MR) is 166 cm³/mol. The SMILES string of the molecule is COc1ccc(F)cc1C(Cn1c(=O)n(C(C)(C)C(=O)NC2CCC2)c(=O)c2c(C)c(-n3nccn3)sc21)OC1CCOCC1. The van der Waals surface area contributed by atoms with Crippen LogP contribution < -0.4 is 21.3 Å². The highest BCUT2D eigenvalue weighted by molar-refractivity contribution is 7.21. The Morgan fingerprint density at radius 2 is 1.89 bits per heavy atom. The van der Waals surface area contributed by atoms with Crippen LogP contribution in [-0.4, -0.2) is 62.5 Å². The average Bonchev–Trinajstić information content (AvgIpc) is 3.65. The second kappa shape index (κ2) is 12.5. The topological polar surface area (TPSA) is 132 Å². The Bertz CT molecular complexity index is 1820. The Balaban J connectivity index is 1.55. The molecule has 1 aromatic carbocycles. The molecule has 2 fully saturated rings. The molecule has 45 heavy (non-hydrogen) atoms. The van der Waals surface area contributed by atoms with Gasteiger partial charge in [0.05, 0.1) is 37.5 Å². The molecule has 1 saturated carbocycles. The smallest absolute Gasteiger partial charge is 0.333 e. The van der Waals surface area contributed by atoms with E-state index < -0.39 is 34.6 Å². The highest BCUT2D eigenvalue weighted by Crippen LogP contribution is 2.35. The summed E-state index contributed by atoms with van der Waals surface area (Å²) in [5.41, 5.74) is -1.80. The standard InChI is InChI=1S/C31H37FN6O6S/c1-18-25-26(39)37(31(2,3)29(40)35-20-6-5-7-20)30(41)36(28(25)45-27(18)38-33-12-13-34-38)17-24(44-21-10-14-43-15-11-21)22-16-19(32)8-9-23(22)42-4/h8-9,12-13,16,20-21,24H,5-7,10-11,14-15,17H2,1-4H3,(H,35,40). The first kappa shape index (κ1) is 31.1. The van der Waals surface area contributed by atoms with E-state index in [4.69, 9.17) is 14.2 Å². The van der Waals surface area contributed by atoms with Crippen molar-refractivity contribution in [3.63, 3.8) is 0 Å². The van der Waals surface area contributed by atoms with E-state index in [-0.39, 0.29) is 24.1 Å². The highest BCUT2D eigenvalue weighted by Gasteiger charge is 2.38. The minimum absolute atomic E-state index is 0.0107. The Morgan fingerprint density at radius 1 is 1.18 bits per heavy atom. The molecule has 0 spiro atoms. The maximum absolute atomic E-state index is 14.7. The number of carbonyl (C=O) groups excluding carboxylic acids is 1. The normalized spacial score (nSPS) is 16.9. The van der Waals surface area contributed by atoms with E-state index in [2.05, 4.69) is 15.5 Å². The molecule has 1 saturated heterocycles. The lowest BCUT2D eigenvalue weighted by molar-refractivity contribution is -0.130. The fraction of sp³-hybridized carbons (Fsp3) is 0.516. The van der Waals surface area contributed by atoms with Gasteiger partial charge in [-0.05, 0) is 71.1 Å². The van der Waals surface area contributed by atoms with Crippen LogP contribution in [0.3, 0.4) is 0 Å². The maximum Gasteiger partial charge on any atom is 0.333 e. The molecule has 4 heterocycles. The van der Waals surface area contributed by atoms with Crippen LogP contribution >= 0.6 is 11.3 Å². The van der Waals surface area contributed by atoms with Gasteiger partial charge in [0.25, 0.3) is 5.56 Å². The first-order chi connectivity index (χ1) is 21.6. The first-order valence-corrected chi connectivity index (χ1v) is 16.0. The summed E-state index contributed by atoms with van der Waals surface area (Å²) in [5.74, 6) is -0.502. The number of rotatable bonds is 10. The van der Waals surface area contributed by atoms with Gasteiger partial charge in [-0.25, -0.2) is 13.8 Å². The number of carbonyl (C=O) groups is 1. The van der Waals surface area contributed by atoms with Gasteiger partial charge >= 0.3 is 5.69 Å². The van der Waals surface area contributed by atoms with Crippen molar-refractivity contribution < 1.29 is 23.4 Å². The van der Waals surface area contributed by atoms with Crippen molar-refractivity contribution in [2.45, 2.75) is 83.2 Å². The van der Waals surface area contributed by atoms with Gasteiger partial charge in [0.2, 0.25) is 5.91 Å². The predicted octanol–water partition coefficient (Wildman–Crippen LogP) is 3.60. The number of thiophene rings is 1. The van der Waals surface area contributed by atoms with Crippen molar-refractivity contribution in [2.24, 2.45) is 0 Å². The number of methoxy groups -OCH3 is 1. The van der Waals surface area contributed by atoms with Gasteiger partial charge in [0, 0.05) is 30.4 Å². The lowest BCUT2D eigenvalue weighted by Gasteiger charge is -2.33. The zero-order valence-corrected chi connectivity index (χ0v) is 26.6. The van der Waals surface area contributed by atoms with Gasteiger partial charge < -0.3 is 19.5 Å². The third-order valence-corrected chi connectivity index (χ3v) is 10.0. The van der Waals surface area contributed by atoms with Gasteiger partial charge in [-0.1, -0.05) is 11.3 Å². The quantitative estimate of drug-likeness (QED) is 0.278. The molecule has 240 valence electrons. The van der Waals surface area contributed by atoms with Crippen LogP contribution in [0.4, 0.5) is 4.39 Å². The van der Waals surface area contributed by atoms with Gasteiger partial charge in [0.1, 0.15) is 33.0 Å². The molecule has 4 aromatic rings. The molecular formula is C31H37FN6O6S. The molecule has 1 aliphatic carbocycles. The number of halogens is 1. The molecular weight excluding hydrogens is 603 g/mol. The number of nitrogens with zero attached hydrogens (tertiary/aromatic N) is 5. The van der Waals surface area contributed by atoms with Gasteiger partial charge in [-0.2, -0.15) is 10.2 Å². The first-order valence-electron chi connectivity index (χ1n) is 15.1. The van der Waals surface area contributed by atoms with Crippen LogP contribution in [0.15, 0.2) is 40.2 Å². The number of aromatic nitrogens is 5. The Hall–Kier alpha value is -3.88. The fourth-order valence-electron chi connectivity index (χ4n) is 5.90. The van der Waals surface area contributed by atoms with E-state index in [0.717, 1.165) is 23.8 Å². The largest absolute Gasteiger partial charge is 0.496 e. The zero-order valence-electron chi connectivity index (χ0n) is 25.7. The molecule has 14 heteroatoms. The summed E-state index contributed by atoms with van der Waals surface area (Å²) in [6.07, 6.45) is 5.96. The third kappa shape index (κ3) is 5.82. The summed E-state index contributed by atoms with van der Waals surface area (Å²) >= 11 is 1.19. The molecule has 3 aromatic heterocycles. The summed E-state index contributed by atoms with van der Waals surface area (Å²) in [5, 5.41) is 12.3. The second-order valence-corrected chi connectivity index (χ2v) is 13.0. The van der Waals surface area contributed by atoms with Crippen molar-refractivity contribution >= 4 is 27.5 Å². The molecule has 1 N–H and O–H groups in total. The molecule has 1 unspecified atom stereocenters. The average molecular weight is 641 g/mol. The molecule has 2 aliphatic rings. The Morgan fingerprint density at radius 3 is 2.53 bits per heavy atom. The van der Waals surface area contributed by atoms with E-state index in [9.17, 15) is 18.8 Å².